The summed E-state index contributed by atoms with van der Waals surface area (Å²) in [5.41, 5.74) is 5.07. The number of hydrogen-bond acceptors (Lipinski definition) is 4. The fraction of sp³-hybridized carbons (Fsp3) is 0.952. The lowest BCUT2D eigenvalue weighted by Crippen LogP contribution is -2.29. The van der Waals surface area contributed by atoms with Crippen molar-refractivity contribution in [3.63, 3.8) is 0 Å². The molecule has 0 aromatic heterocycles. The van der Waals surface area contributed by atoms with Gasteiger partial charge in [0, 0.05) is 13.1 Å². The second-order valence-electron chi connectivity index (χ2n) is 7.34. The van der Waals surface area contributed by atoms with E-state index in [1.807, 2.05) is 0 Å². The van der Waals surface area contributed by atoms with Gasteiger partial charge in [-0.15, -0.1) is 0 Å². The smallest absolute Gasteiger partial charge is 0.231 e. The molecule has 0 rings (SSSR count). The number of hydrogen-bond donors (Lipinski definition) is 4. The summed E-state index contributed by atoms with van der Waals surface area (Å²) in [5, 5.41) is 9.88. The molecule has 0 saturated heterocycles. The number of carbonyl (C=O) groups is 1. The first-order valence-corrected chi connectivity index (χ1v) is 11.2. The molecule has 0 atom stereocenters. The maximum atomic E-state index is 10.6. The van der Waals surface area contributed by atoms with Crippen LogP contribution >= 0.6 is 0 Å². The highest BCUT2D eigenvalue weighted by Gasteiger charge is 1.95. The maximum Gasteiger partial charge on any atom is 0.231 e. The minimum atomic E-state index is -0.266. The zero-order chi connectivity index (χ0) is 19.1. The molecule has 0 saturated carbocycles. The van der Waals surface area contributed by atoms with E-state index >= 15 is 0 Å². The van der Waals surface area contributed by atoms with Crippen molar-refractivity contribution < 1.29 is 4.79 Å². The minimum Gasteiger partial charge on any atom is -0.369 e. The van der Waals surface area contributed by atoms with Crippen LogP contribution in [-0.2, 0) is 4.79 Å². The highest BCUT2D eigenvalue weighted by molar-refractivity contribution is 5.75. The third-order valence-corrected chi connectivity index (χ3v) is 4.73. The lowest BCUT2D eigenvalue weighted by atomic mass is 10.0. The topological polar surface area (TPSA) is 79.2 Å². The van der Waals surface area contributed by atoms with Crippen LogP contribution in [0.1, 0.15) is 90.4 Å². The van der Waals surface area contributed by atoms with Gasteiger partial charge >= 0.3 is 0 Å². The van der Waals surface area contributed by atoms with Gasteiger partial charge in [-0.25, -0.2) is 0 Å². The van der Waals surface area contributed by atoms with Gasteiger partial charge in [0.15, 0.2) is 0 Å². The fourth-order valence-electron chi connectivity index (χ4n) is 3.13. The van der Waals surface area contributed by atoms with Gasteiger partial charge in [-0.3, -0.25) is 4.79 Å². The molecule has 0 radical (unpaired) electrons. The van der Waals surface area contributed by atoms with Crippen LogP contribution in [-0.4, -0.2) is 45.2 Å². The van der Waals surface area contributed by atoms with Crippen molar-refractivity contribution in [3.8, 4) is 0 Å². The Hall–Kier alpha value is -0.650. The molecule has 0 unspecified atom stereocenters. The Balaban J connectivity index is 2.98. The Bertz CT molecular complexity index is 287. The number of amides is 1. The molecule has 0 aliphatic rings. The zero-order valence-corrected chi connectivity index (χ0v) is 17.4. The molecular weight excluding hydrogens is 324 g/mol. The Morgan fingerprint density at radius 2 is 0.962 bits per heavy atom. The molecule has 0 bridgehead atoms. The van der Waals surface area contributed by atoms with E-state index in [1.54, 1.807) is 0 Å². The molecule has 0 aliphatic heterocycles. The van der Waals surface area contributed by atoms with Gasteiger partial charge in [-0.1, -0.05) is 77.6 Å². The molecule has 0 aromatic carbocycles. The first kappa shape index (κ1) is 25.4. The molecule has 5 N–H and O–H groups in total. The van der Waals surface area contributed by atoms with Crippen LogP contribution < -0.4 is 21.7 Å². The van der Waals surface area contributed by atoms with Gasteiger partial charge in [0.1, 0.15) is 0 Å². The maximum absolute atomic E-state index is 10.6. The summed E-state index contributed by atoms with van der Waals surface area (Å²) >= 11 is 0. The van der Waals surface area contributed by atoms with E-state index in [1.165, 1.54) is 83.6 Å². The van der Waals surface area contributed by atoms with Crippen molar-refractivity contribution >= 4 is 5.91 Å². The standard InChI is InChI=1S/C21H46N4O/c1-2-23-18-19-24-16-14-12-10-8-6-4-3-5-7-9-11-13-15-17-25-20-21(22)26/h23-25H,2-20H2,1H3,(H2,22,26). The van der Waals surface area contributed by atoms with Gasteiger partial charge in [0.25, 0.3) is 0 Å². The average Bonchev–Trinajstić information content (AvgIpc) is 2.62. The minimum absolute atomic E-state index is 0.266. The number of carbonyl (C=O) groups excluding carboxylic acids is 1. The molecule has 5 heteroatoms. The highest BCUT2D eigenvalue weighted by Crippen LogP contribution is 2.12. The number of nitrogens with two attached hydrogens (primary N) is 1. The van der Waals surface area contributed by atoms with Crippen LogP contribution in [0.2, 0.25) is 0 Å². The molecule has 0 heterocycles. The van der Waals surface area contributed by atoms with E-state index in [4.69, 9.17) is 5.73 Å². The monoisotopic (exact) mass is 370 g/mol. The Morgan fingerprint density at radius 1 is 0.577 bits per heavy atom. The number of primary amides is 1. The van der Waals surface area contributed by atoms with Crippen molar-refractivity contribution in [1.82, 2.24) is 16.0 Å². The van der Waals surface area contributed by atoms with Gasteiger partial charge in [0.05, 0.1) is 6.54 Å². The second-order valence-corrected chi connectivity index (χ2v) is 7.34. The molecule has 0 aliphatic carbocycles. The molecular formula is C21H46N4O. The summed E-state index contributed by atoms with van der Waals surface area (Å²) in [5.74, 6) is -0.266. The van der Waals surface area contributed by atoms with Crippen LogP contribution in [0.3, 0.4) is 0 Å². The van der Waals surface area contributed by atoms with E-state index in [9.17, 15) is 4.79 Å². The van der Waals surface area contributed by atoms with Crippen LogP contribution in [0.5, 0.6) is 0 Å². The number of unbranched alkanes of at least 4 members (excludes halogenated alkanes) is 12. The van der Waals surface area contributed by atoms with Gasteiger partial charge in [-0.2, -0.15) is 0 Å². The lowest BCUT2D eigenvalue weighted by molar-refractivity contribution is -0.117. The molecule has 5 nitrogen and oxygen atoms in total. The van der Waals surface area contributed by atoms with Crippen molar-refractivity contribution in [2.24, 2.45) is 5.73 Å². The number of likely N-dealkylation sites (N-methyl/N-ethyl adjacent to an activating group) is 1. The SMILES string of the molecule is CCNCCNCCCCCCCCCCCCCCCNCC(N)=O. The first-order valence-electron chi connectivity index (χ1n) is 11.2. The van der Waals surface area contributed by atoms with Crippen LogP contribution in [0, 0.1) is 0 Å². The zero-order valence-electron chi connectivity index (χ0n) is 17.4. The third kappa shape index (κ3) is 23.4. The van der Waals surface area contributed by atoms with Crippen LogP contribution in [0.4, 0.5) is 0 Å². The molecule has 0 aromatic rings. The van der Waals surface area contributed by atoms with E-state index in [0.29, 0.717) is 6.54 Å². The molecule has 0 fully saturated rings. The molecule has 0 spiro atoms. The largest absolute Gasteiger partial charge is 0.369 e. The predicted molar refractivity (Wildman–Crippen MR) is 113 cm³/mol. The van der Waals surface area contributed by atoms with Crippen LogP contribution in [0.15, 0.2) is 0 Å². The molecule has 26 heavy (non-hydrogen) atoms. The van der Waals surface area contributed by atoms with Crippen molar-refractivity contribution in [1.29, 1.82) is 0 Å². The highest BCUT2D eigenvalue weighted by atomic mass is 16.1. The summed E-state index contributed by atoms with van der Waals surface area (Å²) in [4.78, 5) is 10.6. The van der Waals surface area contributed by atoms with E-state index in [-0.39, 0.29) is 5.91 Å². The summed E-state index contributed by atoms with van der Waals surface area (Å²) in [6, 6.07) is 0. The average molecular weight is 371 g/mol. The summed E-state index contributed by atoms with van der Waals surface area (Å²) in [6.45, 7) is 7.80. The summed E-state index contributed by atoms with van der Waals surface area (Å²) in [6.07, 6.45) is 17.6. The van der Waals surface area contributed by atoms with E-state index < -0.39 is 0 Å². The normalized spacial score (nSPS) is 11.1. The van der Waals surface area contributed by atoms with Gasteiger partial charge < -0.3 is 21.7 Å². The number of nitrogens with one attached hydrogen (secondary N) is 3. The first-order chi connectivity index (χ1) is 12.8. The van der Waals surface area contributed by atoms with Gasteiger partial charge in [-0.05, 0) is 32.5 Å². The Kier molecular flexibility index (Phi) is 21.8. The van der Waals surface area contributed by atoms with Crippen LogP contribution in [0.25, 0.3) is 0 Å². The van der Waals surface area contributed by atoms with Crippen molar-refractivity contribution in [2.75, 3.05) is 39.3 Å². The summed E-state index contributed by atoms with van der Waals surface area (Å²) in [7, 11) is 0. The third-order valence-electron chi connectivity index (χ3n) is 4.73. The van der Waals surface area contributed by atoms with E-state index in [0.717, 1.165) is 32.6 Å². The van der Waals surface area contributed by atoms with Crippen molar-refractivity contribution in [3.05, 3.63) is 0 Å². The fourth-order valence-corrected chi connectivity index (χ4v) is 3.13. The molecule has 156 valence electrons. The predicted octanol–water partition coefficient (Wildman–Crippen LogP) is 3.33. The van der Waals surface area contributed by atoms with E-state index in [2.05, 4.69) is 22.9 Å². The Labute approximate surface area is 162 Å². The quantitative estimate of drug-likeness (QED) is 0.220. The Morgan fingerprint density at radius 3 is 1.38 bits per heavy atom. The summed E-state index contributed by atoms with van der Waals surface area (Å²) < 4.78 is 0. The van der Waals surface area contributed by atoms with Crippen molar-refractivity contribution in [2.45, 2.75) is 90.4 Å². The number of rotatable bonds is 22. The lowest BCUT2D eigenvalue weighted by Gasteiger charge is -2.05. The van der Waals surface area contributed by atoms with Gasteiger partial charge in [0.2, 0.25) is 5.91 Å². The second kappa shape index (κ2) is 22.4. The molecule has 1 amide bonds.